The molecule has 6 heteroatoms. The summed E-state index contributed by atoms with van der Waals surface area (Å²) in [6.07, 6.45) is 2.45. The second kappa shape index (κ2) is 7.62. The Bertz CT molecular complexity index is 766. The van der Waals surface area contributed by atoms with E-state index < -0.39 is 17.2 Å². The summed E-state index contributed by atoms with van der Waals surface area (Å²) in [6, 6.07) is 3.71. The van der Waals surface area contributed by atoms with E-state index in [1.165, 1.54) is 25.0 Å². The monoisotopic (exact) mass is 406 g/mol. The van der Waals surface area contributed by atoms with E-state index in [-0.39, 0.29) is 29.6 Å². The lowest BCUT2D eigenvalue weighted by atomic mass is 9.76. The molecule has 160 valence electrons. The van der Waals surface area contributed by atoms with Crippen LogP contribution in [0.1, 0.15) is 45.1 Å². The number of rotatable bonds is 4. The maximum atomic E-state index is 14.6. The molecule has 0 bridgehead atoms. The highest BCUT2D eigenvalue weighted by Gasteiger charge is 2.47. The first kappa shape index (κ1) is 20.7. The molecule has 1 aromatic rings. The number of likely N-dealkylation sites (tertiary alicyclic amines) is 2. The molecule has 0 aromatic heterocycles. The van der Waals surface area contributed by atoms with E-state index in [4.69, 9.17) is 0 Å². The molecule has 1 aliphatic carbocycles. The maximum Gasteiger partial charge on any atom is 0.227 e. The molecule has 0 radical (unpaired) electrons. The fourth-order valence-electron chi connectivity index (χ4n) is 5.07. The van der Waals surface area contributed by atoms with Crippen molar-refractivity contribution in [3.8, 4) is 0 Å². The number of benzene rings is 1. The predicted molar refractivity (Wildman–Crippen MR) is 107 cm³/mol. The van der Waals surface area contributed by atoms with E-state index in [0.717, 1.165) is 12.6 Å². The molecule has 5 atom stereocenters. The van der Waals surface area contributed by atoms with Crippen molar-refractivity contribution in [2.24, 2.45) is 23.7 Å². The first-order valence-electron chi connectivity index (χ1n) is 10.8. The van der Waals surface area contributed by atoms with Crippen molar-refractivity contribution < 1.29 is 18.7 Å². The van der Waals surface area contributed by atoms with Crippen LogP contribution in [0, 0.1) is 35.3 Å². The number of aliphatic hydroxyl groups is 1. The Hall–Kier alpha value is -1.53. The third-order valence-corrected chi connectivity index (χ3v) is 7.58. The first-order valence-corrected chi connectivity index (χ1v) is 10.8. The van der Waals surface area contributed by atoms with Crippen molar-refractivity contribution >= 4 is 5.91 Å². The van der Waals surface area contributed by atoms with Crippen LogP contribution in [0.2, 0.25) is 0 Å². The molecule has 1 unspecified atom stereocenters. The molecule has 2 saturated heterocycles. The number of halogens is 2. The molecule has 0 spiro atoms. The molecule has 3 fully saturated rings. The van der Waals surface area contributed by atoms with Gasteiger partial charge in [0, 0.05) is 56.5 Å². The summed E-state index contributed by atoms with van der Waals surface area (Å²) >= 11 is 0. The molecule has 4 rings (SSSR count). The van der Waals surface area contributed by atoms with E-state index in [2.05, 4.69) is 4.90 Å². The molecule has 2 aliphatic heterocycles. The standard InChI is InChI=1S/C23H32F2N2O2/c1-14-9-27(10-15(2)23(14,3)29)22(28)20-13-26(11-16-4-5-16)12-19(20)18-7-6-17(24)8-21(18)25/h6-8,14-16,19-20,29H,4-5,9-13H2,1-3H3/t14-,15+,19-,20+,23?/m0/s1. The van der Waals surface area contributed by atoms with Gasteiger partial charge in [0.25, 0.3) is 0 Å². The van der Waals surface area contributed by atoms with Crippen LogP contribution in [0.25, 0.3) is 0 Å². The van der Waals surface area contributed by atoms with Crippen LogP contribution in [0.5, 0.6) is 0 Å². The molecule has 3 aliphatic rings. The molecular weight excluding hydrogens is 374 g/mol. The van der Waals surface area contributed by atoms with Gasteiger partial charge in [-0.1, -0.05) is 19.9 Å². The molecule has 1 amide bonds. The van der Waals surface area contributed by atoms with Gasteiger partial charge in [0.2, 0.25) is 5.91 Å². The van der Waals surface area contributed by atoms with Gasteiger partial charge in [-0.25, -0.2) is 8.78 Å². The van der Waals surface area contributed by atoms with E-state index in [0.29, 0.717) is 37.7 Å². The van der Waals surface area contributed by atoms with Crippen LogP contribution in [0.4, 0.5) is 8.78 Å². The van der Waals surface area contributed by atoms with Gasteiger partial charge >= 0.3 is 0 Å². The highest BCUT2D eigenvalue weighted by Crippen LogP contribution is 2.40. The quantitative estimate of drug-likeness (QED) is 0.835. The molecule has 1 aromatic carbocycles. The van der Waals surface area contributed by atoms with Gasteiger partial charge in [0.05, 0.1) is 11.5 Å². The maximum absolute atomic E-state index is 14.6. The summed E-state index contributed by atoms with van der Waals surface area (Å²) in [6.45, 7) is 9.00. The second-order valence-electron chi connectivity index (χ2n) is 9.81. The topological polar surface area (TPSA) is 43.8 Å². The summed E-state index contributed by atoms with van der Waals surface area (Å²) in [7, 11) is 0. The molecule has 1 N–H and O–H groups in total. The Kier molecular flexibility index (Phi) is 5.45. The first-order chi connectivity index (χ1) is 13.7. The van der Waals surface area contributed by atoms with E-state index >= 15 is 0 Å². The molecule has 4 nitrogen and oxygen atoms in total. The summed E-state index contributed by atoms with van der Waals surface area (Å²) < 4.78 is 28.0. The van der Waals surface area contributed by atoms with E-state index in [1.54, 1.807) is 0 Å². The Morgan fingerprint density at radius 2 is 1.79 bits per heavy atom. The minimum Gasteiger partial charge on any atom is -0.389 e. The van der Waals surface area contributed by atoms with Gasteiger partial charge in [-0.3, -0.25) is 4.79 Å². The fourth-order valence-corrected chi connectivity index (χ4v) is 5.07. The average Bonchev–Trinajstić information content (AvgIpc) is 3.36. The number of amides is 1. The van der Waals surface area contributed by atoms with E-state index in [1.807, 2.05) is 25.7 Å². The SMILES string of the molecule is C[C@@H]1CN(C(=O)[C@@H]2CN(CC3CC3)C[C@H]2c2ccc(F)cc2F)C[C@H](C)C1(C)O. The van der Waals surface area contributed by atoms with Gasteiger partial charge in [0.1, 0.15) is 11.6 Å². The number of hydrogen-bond acceptors (Lipinski definition) is 3. The summed E-state index contributed by atoms with van der Waals surface area (Å²) in [5, 5.41) is 10.7. The normalized spacial score (nSPS) is 35.9. The Morgan fingerprint density at radius 1 is 1.14 bits per heavy atom. The van der Waals surface area contributed by atoms with Gasteiger partial charge in [0.15, 0.2) is 0 Å². The third-order valence-electron chi connectivity index (χ3n) is 7.58. The van der Waals surface area contributed by atoms with Gasteiger partial charge in [-0.15, -0.1) is 0 Å². The van der Waals surface area contributed by atoms with Crippen LogP contribution >= 0.6 is 0 Å². The lowest BCUT2D eigenvalue weighted by molar-refractivity contribution is -0.148. The largest absolute Gasteiger partial charge is 0.389 e. The number of carbonyl (C=O) groups excluding carboxylic acids is 1. The molecule has 1 saturated carbocycles. The predicted octanol–water partition coefficient (Wildman–Crippen LogP) is 3.26. The van der Waals surface area contributed by atoms with Crippen molar-refractivity contribution in [1.29, 1.82) is 0 Å². The lowest BCUT2D eigenvalue weighted by Crippen LogP contribution is -2.57. The smallest absolute Gasteiger partial charge is 0.227 e. The number of carbonyl (C=O) groups is 1. The second-order valence-corrected chi connectivity index (χ2v) is 9.81. The Labute approximate surface area is 171 Å². The summed E-state index contributed by atoms with van der Waals surface area (Å²) in [5.41, 5.74) is -0.361. The van der Waals surface area contributed by atoms with Gasteiger partial charge in [-0.2, -0.15) is 0 Å². The third kappa shape index (κ3) is 4.06. The van der Waals surface area contributed by atoms with Crippen LogP contribution in [0.3, 0.4) is 0 Å². The average molecular weight is 407 g/mol. The lowest BCUT2D eigenvalue weighted by Gasteiger charge is -2.46. The summed E-state index contributed by atoms with van der Waals surface area (Å²) in [5.74, 6) is -1.10. The number of hydrogen-bond donors (Lipinski definition) is 1. The molecule has 29 heavy (non-hydrogen) atoms. The fraction of sp³-hybridized carbons (Fsp3) is 0.696. The number of nitrogens with zero attached hydrogens (tertiary/aromatic N) is 2. The highest BCUT2D eigenvalue weighted by molar-refractivity contribution is 5.81. The zero-order valence-electron chi connectivity index (χ0n) is 17.6. The van der Waals surface area contributed by atoms with Crippen LogP contribution in [-0.4, -0.2) is 59.1 Å². The minimum atomic E-state index is -0.799. The van der Waals surface area contributed by atoms with Crippen molar-refractivity contribution in [3.05, 3.63) is 35.4 Å². The van der Waals surface area contributed by atoms with Crippen molar-refractivity contribution in [2.45, 2.75) is 45.1 Å². The molecule has 2 heterocycles. The summed E-state index contributed by atoms with van der Waals surface area (Å²) in [4.78, 5) is 17.7. The van der Waals surface area contributed by atoms with E-state index in [9.17, 15) is 18.7 Å². The zero-order chi connectivity index (χ0) is 20.9. The van der Waals surface area contributed by atoms with Crippen molar-refractivity contribution in [1.82, 2.24) is 9.80 Å². The van der Waals surface area contributed by atoms with Crippen LogP contribution in [0.15, 0.2) is 18.2 Å². The van der Waals surface area contributed by atoms with Crippen LogP contribution in [-0.2, 0) is 4.79 Å². The van der Waals surface area contributed by atoms with Crippen molar-refractivity contribution in [2.75, 3.05) is 32.7 Å². The highest BCUT2D eigenvalue weighted by atomic mass is 19.1. The zero-order valence-corrected chi connectivity index (χ0v) is 17.6. The Morgan fingerprint density at radius 3 is 2.38 bits per heavy atom. The van der Waals surface area contributed by atoms with Gasteiger partial charge < -0.3 is 14.9 Å². The van der Waals surface area contributed by atoms with Crippen LogP contribution < -0.4 is 0 Å². The van der Waals surface area contributed by atoms with Crippen molar-refractivity contribution in [3.63, 3.8) is 0 Å². The molecular formula is C23H32F2N2O2. The van der Waals surface area contributed by atoms with Gasteiger partial charge in [-0.05, 0) is 37.3 Å². The Balaban J connectivity index is 1.57. The minimum absolute atomic E-state index is 0.0276. The number of piperidine rings is 1.